The maximum absolute atomic E-state index is 10.3. The van der Waals surface area contributed by atoms with Crippen molar-refractivity contribution in [1.29, 1.82) is 0 Å². The van der Waals surface area contributed by atoms with Crippen LogP contribution in [0.4, 0.5) is 0 Å². The van der Waals surface area contributed by atoms with Crippen LogP contribution in [-0.2, 0) is 4.79 Å². The number of rotatable bonds is 16. The number of aliphatic hydroxyl groups is 2. The lowest BCUT2D eigenvalue weighted by Crippen LogP contribution is -2.03. The van der Waals surface area contributed by atoms with Gasteiger partial charge in [-0.2, -0.15) is 0 Å². The van der Waals surface area contributed by atoms with Gasteiger partial charge in [0.1, 0.15) is 0 Å². The lowest BCUT2D eigenvalue weighted by molar-refractivity contribution is -0.137. The van der Waals surface area contributed by atoms with Gasteiger partial charge in [-0.1, -0.05) is 70.4 Å². The summed E-state index contributed by atoms with van der Waals surface area (Å²) in [4.78, 5) is 10.3. The van der Waals surface area contributed by atoms with Crippen molar-refractivity contribution in [3.05, 3.63) is 12.2 Å². The van der Waals surface area contributed by atoms with Crippen LogP contribution in [-0.4, -0.2) is 34.0 Å². The molecule has 0 aromatic heterocycles. The minimum absolute atomic E-state index is 0. The Morgan fingerprint density at radius 1 is 0.846 bits per heavy atom. The molecular weight excluding hydrogens is 330 g/mol. The molecule has 6 N–H and O–H groups in total. The molecule has 158 valence electrons. The van der Waals surface area contributed by atoms with E-state index in [4.69, 9.17) is 15.3 Å². The van der Waals surface area contributed by atoms with Crippen molar-refractivity contribution in [2.24, 2.45) is 0 Å². The maximum Gasteiger partial charge on any atom is 0.303 e. The van der Waals surface area contributed by atoms with E-state index in [0.717, 1.165) is 12.8 Å². The summed E-state index contributed by atoms with van der Waals surface area (Å²) in [5.41, 5.74) is 0. The van der Waals surface area contributed by atoms with Gasteiger partial charge in [0.05, 0.1) is 12.7 Å². The van der Waals surface area contributed by atoms with Crippen LogP contribution in [0.25, 0.3) is 0 Å². The van der Waals surface area contributed by atoms with Crippen molar-refractivity contribution >= 4 is 5.97 Å². The highest BCUT2D eigenvalue weighted by Gasteiger charge is 1.95. The molecule has 0 bridgehead atoms. The smallest absolute Gasteiger partial charge is 0.303 e. The van der Waals surface area contributed by atoms with Gasteiger partial charge < -0.3 is 21.5 Å². The Hall–Kier alpha value is -0.910. The van der Waals surface area contributed by atoms with E-state index in [2.05, 4.69) is 19.1 Å². The van der Waals surface area contributed by atoms with Crippen LogP contribution < -0.4 is 6.15 Å². The molecule has 1 unspecified atom stereocenters. The van der Waals surface area contributed by atoms with Crippen molar-refractivity contribution in [3.8, 4) is 0 Å². The molecular formula is C21H45NO4. The highest BCUT2D eigenvalue weighted by atomic mass is 16.4. The van der Waals surface area contributed by atoms with Crippen LogP contribution >= 0.6 is 0 Å². The zero-order valence-electron chi connectivity index (χ0n) is 17.3. The van der Waals surface area contributed by atoms with Crippen LogP contribution in [0, 0.1) is 0 Å². The Balaban J connectivity index is -0.000000772. The Morgan fingerprint density at radius 2 is 1.23 bits per heavy atom. The van der Waals surface area contributed by atoms with Crippen molar-refractivity contribution < 1.29 is 20.1 Å². The quantitative estimate of drug-likeness (QED) is 0.206. The van der Waals surface area contributed by atoms with Crippen LogP contribution in [0.5, 0.6) is 0 Å². The fourth-order valence-electron chi connectivity index (χ4n) is 2.35. The summed E-state index contributed by atoms with van der Waals surface area (Å²) in [6.07, 6.45) is 20.7. The minimum Gasteiger partial charge on any atom is -0.481 e. The second-order valence-corrected chi connectivity index (χ2v) is 6.76. The topological polar surface area (TPSA) is 113 Å². The number of carbonyl (C=O) groups is 1. The first-order valence-electron chi connectivity index (χ1n) is 10.2. The van der Waals surface area contributed by atoms with Gasteiger partial charge in [-0.05, 0) is 39.0 Å². The molecule has 1 atom stereocenters. The number of hydrogen-bond acceptors (Lipinski definition) is 4. The van der Waals surface area contributed by atoms with Crippen molar-refractivity contribution in [1.82, 2.24) is 6.15 Å². The lowest BCUT2D eigenvalue weighted by Gasteiger charge is -1.99. The molecule has 0 amide bonds. The minimum atomic E-state index is -0.664. The summed E-state index contributed by atoms with van der Waals surface area (Å²) in [6, 6.07) is 0. The molecule has 0 aromatic rings. The molecule has 0 radical (unpaired) electrons. The summed E-state index contributed by atoms with van der Waals surface area (Å²) >= 11 is 0. The first-order valence-corrected chi connectivity index (χ1v) is 10.2. The third kappa shape index (κ3) is 34.4. The van der Waals surface area contributed by atoms with Gasteiger partial charge in [-0.15, -0.1) is 0 Å². The number of unbranched alkanes of at least 4 members (excludes halogenated alkanes) is 11. The van der Waals surface area contributed by atoms with Gasteiger partial charge in [0.15, 0.2) is 0 Å². The molecule has 5 nitrogen and oxygen atoms in total. The van der Waals surface area contributed by atoms with Crippen LogP contribution in [0.1, 0.15) is 104 Å². The summed E-state index contributed by atoms with van der Waals surface area (Å²) in [7, 11) is 0. The number of aliphatic carboxylic acids is 1. The zero-order chi connectivity index (χ0) is 19.2. The first kappa shape index (κ1) is 29.8. The predicted octanol–water partition coefficient (Wildman–Crippen LogP) is 5.63. The zero-order valence-corrected chi connectivity index (χ0v) is 17.3. The van der Waals surface area contributed by atoms with Crippen molar-refractivity contribution in [2.75, 3.05) is 6.61 Å². The number of carboxylic acid groups (broad SMARTS) is 1. The van der Waals surface area contributed by atoms with E-state index in [-0.39, 0.29) is 12.8 Å². The number of carboxylic acids is 1. The SMILES string of the molecule is CC(O)CO.CCCCCCCC/C=C\CCCCCCCC(=O)O.N. The Kier molecular flexibility index (Phi) is 30.2. The summed E-state index contributed by atoms with van der Waals surface area (Å²) in [5, 5.41) is 24.5. The molecule has 5 heteroatoms. The van der Waals surface area contributed by atoms with E-state index in [9.17, 15) is 4.79 Å². The van der Waals surface area contributed by atoms with Crippen LogP contribution in [0.15, 0.2) is 12.2 Å². The Bertz CT molecular complexity index is 294. The third-order valence-electron chi connectivity index (χ3n) is 3.92. The molecule has 0 aliphatic rings. The summed E-state index contributed by atoms with van der Waals surface area (Å²) in [5.74, 6) is -0.664. The largest absolute Gasteiger partial charge is 0.481 e. The average Bonchev–Trinajstić information content (AvgIpc) is 2.58. The van der Waals surface area contributed by atoms with Crippen LogP contribution in [0.2, 0.25) is 0 Å². The molecule has 0 heterocycles. The number of hydrogen-bond donors (Lipinski definition) is 4. The Labute approximate surface area is 161 Å². The van der Waals surface area contributed by atoms with E-state index >= 15 is 0 Å². The fraction of sp³-hybridized carbons (Fsp3) is 0.857. The number of aliphatic hydroxyl groups excluding tert-OH is 2. The third-order valence-corrected chi connectivity index (χ3v) is 3.92. The van der Waals surface area contributed by atoms with E-state index in [1.54, 1.807) is 0 Å². The number of allylic oxidation sites excluding steroid dienone is 2. The van der Waals surface area contributed by atoms with Gasteiger partial charge in [-0.3, -0.25) is 4.79 Å². The summed E-state index contributed by atoms with van der Waals surface area (Å²) < 4.78 is 0. The van der Waals surface area contributed by atoms with E-state index < -0.39 is 12.1 Å². The first-order chi connectivity index (χ1) is 12.0. The van der Waals surface area contributed by atoms with Gasteiger partial charge in [0.25, 0.3) is 0 Å². The van der Waals surface area contributed by atoms with E-state index in [1.807, 2.05) is 0 Å². The molecule has 26 heavy (non-hydrogen) atoms. The highest BCUT2D eigenvalue weighted by molar-refractivity contribution is 5.66. The van der Waals surface area contributed by atoms with Gasteiger partial charge in [-0.25, -0.2) is 0 Å². The molecule has 0 aliphatic heterocycles. The normalized spacial score (nSPS) is 11.5. The molecule has 0 spiro atoms. The Morgan fingerprint density at radius 3 is 1.62 bits per heavy atom. The highest BCUT2D eigenvalue weighted by Crippen LogP contribution is 2.09. The van der Waals surface area contributed by atoms with Crippen LogP contribution in [0.3, 0.4) is 0 Å². The second kappa shape index (κ2) is 26.3. The lowest BCUT2D eigenvalue weighted by atomic mass is 10.1. The maximum atomic E-state index is 10.3. The molecule has 0 aromatic carbocycles. The molecule has 0 saturated heterocycles. The molecule has 0 aliphatic carbocycles. The monoisotopic (exact) mass is 375 g/mol. The predicted molar refractivity (Wildman–Crippen MR) is 111 cm³/mol. The van der Waals surface area contributed by atoms with E-state index in [1.165, 1.54) is 77.6 Å². The average molecular weight is 376 g/mol. The standard InChI is InChI=1S/C18H34O2.C3H8O2.H3N/c1-2-3-4-5-6-7-8-9-10-11-12-13-14-15-16-17-18(19)20;1-3(5)2-4;/h9-10H,2-8,11-17H2,1H3,(H,19,20);3-5H,2H2,1H3;1H3/b10-9-;;. The van der Waals surface area contributed by atoms with Gasteiger partial charge >= 0.3 is 5.97 Å². The van der Waals surface area contributed by atoms with Crippen molar-refractivity contribution in [2.45, 2.75) is 110 Å². The molecule has 0 fully saturated rings. The molecule has 0 rings (SSSR count). The van der Waals surface area contributed by atoms with E-state index in [0.29, 0.717) is 6.42 Å². The van der Waals surface area contributed by atoms with Gasteiger partial charge in [0, 0.05) is 6.42 Å². The van der Waals surface area contributed by atoms with Gasteiger partial charge in [0.2, 0.25) is 0 Å². The van der Waals surface area contributed by atoms with Crippen molar-refractivity contribution in [3.63, 3.8) is 0 Å². The summed E-state index contributed by atoms with van der Waals surface area (Å²) in [6.45, 7) is 3.65. The second-order valence-electron chi connectivity index (χ2n) is 6.76. The fourth-order valence-corrected chi connectivity index (χ4v) is 2.35. The molecule has 0 saturated carbocycles.